The lowest BCUT2D eigenvalue weighted by atomic mass is 9.87. The third-order valence-electron chi connectivity index (χ3n) is 6.66. The standard InChI is InChI=1S/C28H43NO8/c1-18(15-19(2)28(35)23(36-4)13-8-6-7-9-14-26(33)37-5)27(34)20(3)22(30)12-10-11-21-16-24(31)29-25(32)17-21/h8-9,13-15,19-21,23,27-28,34-35H,6-7,10-12,16-17H2,1-5H3,(H,29,31,32)/b13-8+,14-9+,18-15-. The number of carbonyl (C=O) groups is 4. The second kappa shape index (κ2) is 17.0. The lowest BCUT2D eigenvalue weighted by Crippen LogP contribution is -2.38. The number of amides is 2. The molecular formula is C28H43NO8. The maximum Gasteiger partial charge on any atom is 0.330 e. The van der Waals surface area contributed by atoms with Gasteiger partial charge in [0, 0.05) is 44.3 Å². The number of esters is 1. The zero-order valence-corrected chi connectivity index (χ0v) is 22.6. The molecule has 0 aliphatic carbocycles. The van der Waals surface area contributed by atoms with Gasteiger partial charge in [0.1, 0.15) is 11.9 Å². The first kappa shape index (κ1) is 32.4. The van der Waals surface area contributed by atoms with E-state index in [2.05, 4.69) is 10.1 Å². The first-order valence-electron chi connectivity index (χ1n) is 12.8. The Morgan fingerprint density at radius 1 is 1.08 bits per heavy atom. The summed E-state index contributed by atoms with van der Waals surface area (Å²) >= 11 is 0. The highest BCUT2D eigenvalue weighted by Gasteiger charge is 2.27. The number of imide groups is 1. The monoisotopic (exact) mass is 521 g/mol. The second-order valence-corrected chi connectivity index (χ2v) is 9.73. The van der Waals surface area contributed by atoms with Crippen LogP contribution in [0.25, 0.3) is 0 Å². The third-order valence-corrected chi connectivity index (χ3v) is 6.66. The predicted molar refractivity (Wildman–Crippen MR) is 139 cm³/mol. The molecule has 0 radical (unpaired) electrons. The molecule has 5 atom stereocenters. The molecule has 1 aliphatic rings. The first-order chi connectivity index (χ1) is 17.5. The van der Waals surface area contributed by atoms with E-state index in [9.17, 15) is 29.4 Å². The number of hydrogen-bond donors (Lipinski definition) is 3. The average molecular weight is 522 g/mol. The van der Waals surface area contributed by atoms with Gasteiger partial charge in [-0.15, -0.1) is 0 Å². The van der Waals surface area contributed by atoms with Crippen LogP contribution in [0.3, 0.4) is 0 Å². The van der Waals surface area contributed by atoms with Gasteiger partial charge in [0.15, 0.2) is 0 Å². The Bertz CT molecular complexity index is 846. The van der Waals surface area contributed by atoms with Crippen LogP contribution in [-0.2, 0) is 28.7 Å². The summed E-state index contributed by atoms with van der Waals surface area (Å²) in [5.41, 5.74) is 0.591. The number of nitrogens with one attached hydrogen (secondary N) is 1. The van der Waals surface area contributed by atoms with Crippen molar-refractivity contribution >= 4 is 23.6 Å². The molecule has 9 nitrogen and oxygen atoms in total. The number of allylic oxidation sites excluding steroid dienone is 2. The molecule has 208 valence electrons. The lowest BCUT2D eigenvalue weighted by Gasteiger charge is -2.25. The molecule has 2 amide bonds. The second-order valence-electron chi connectivity index (χ2n) is 9.73. The van der Waals surface area contributed by atoms with E-state index in [1.165, 1.54) is 20.3 Å². The molecule has 37 heavy (non-hydrogen) atoms. The van der Waals surface area contributed by atoms with Gasteiger partial charge in [-0.3, -0.25) is 19.7 Å². The normalized spacial score (nSPS) is 19.5. The van der Waals surface area contributed by atoms with Crippen LogP contribution < -0.4 is 5.32 Å². The Hall–Kier alpha value is -2.62. The molecule has 0 saturated carbocycles. The SMILES string of the molecule is COC(=O)/C=C/CC/C=C/C(OC)C(O)C(C)/C=C(/C)C(O)C(C)C(=O)CCCC1CC(=O)NC(=O)C1. The summed E-state index contributed by atoms with van der Waals surface area (Å²) in [6.07, 6.45) is 9.37. The van der Waals surface area contributed by atoms with Crippen molar-refractivity contribution in [2.45, 2.75) is 84.0 Å². The summed E-state index contributed by atoms with van der Waals surface area (Å²) < 4.78 is 9.94. The first-order valence-corrected chi connectivity index (χ1v) is 12.8. The fourth-order valence-corrected chi connectivity index (χ4v) is 4.33. The summed E-state index contributed by atoms with van der Waals surface area (Å²) in [6, 6.07) is 0. The molecule has 1 saturated heterocycles. The fourth-order valence-electron chi connectivity index (χ4n) is 4.33. The molecule has 1 rings (SSSR count). The molecule has 3 N–H and O–H groups in total. The van der Waals surface area contributed by atoms with E-state index in [4.69, 9.17) is 4.74 Å². The zero-order valence-electron chi connectivity index (χ0n) is 22.6. The van der Waals surface area contributed by atoms with Gasteiger partial charge >= 0.3 is 5.97 Å². The van der Waals surface area contributed by atoms with E-state index in [-0.39, 0.29) is 35.9 Å². The Morgan fingerprint density at radius 2 is 1.70 bits per heavy atom. The molecule has 0 aromatic carbocycles. The van der Waals surface area contributed by atoms with Crippen molar-refractivity contribution in [2.75, 3.05) is 14.2 Å². The number of Topliss-reactive ketones (excluding diaryl/α,β-unsaturated/α-hetero) is 1. The van der Waals surface area contributed by atoms with Gasteiger partial charge in [0.2, 0.25) is 11.8 Å². The Balaban J connectivity index is 2.56. The molecule has 5 unspecified atom stereocenters. The molecule has 9 heteroatoms. The van der Waals surface area contributed by atoms with E-state index < -0.39 is 30.2 Å². The maximum absolute atomic E-state index is 12.6. The van der Waals surface area contributed by atoms with Crippen molar-refractivity contribution in [1.82, 2.24) is 5.32 Å². The van der Waals surface area contributed by atoms with Crippen LogP contribution >= 0.6 is 0 Å². The number of aliphatic hydroxyl groups is 2. The van der Waals surface area contributed by atoms with Crippen LogP contribution in [0.2, 0.25) is 0 Å². The topological polar surface area (TPSA) is 139 Å². The number of piperidine rings is 1. The Kier molecular flexibility index (Phi) is 14.9. The zero-order chi connectivity index (χ0) is 28.0. The van der Waals surface area contributed by atoms with Crippen molar-refractivity contribution in [3.8, 4) is 0 Å². The van der Waals surface area contributed by atoms with E-state index in [1.807, 2.05) is 13.0 Å². The Morgan fingerprint density at radius 3 is 2.30 bits per heavy atom. The van der Waals surface area contributed by atoms with Crippen molar-refractivity contribution in [3.05, 3.63) is 36.0 Å². The number of ether oxygens (including phenoxy) is 2. The van der Waals surface area contributed by atoms with Crippen molar-refractivity contribution < 1.29 is 38.9 Å². The van der Waals surface area contributed by atoms with Crippen LogP contribution in [0.15, 0.2) is 36.0 Å². The number of unbranched alkanes of at least 4 members (excludes halogenated alkanes) is 1. The molecule has 1 fully saturated rings. The highest BCUT2D eigenvalue weighted by molar-refractivity contribution is 5.97. The number of methoxy groups -OCH3 is 2. The fraction of sp³-hybridized carbons (Fsp3) is 0.643. The molecule has 0 spiro atoms. The predicted octanol–water partition coefficient (Wildman–Crippen LogP) is 2.80. The molecule has 1 aliphatic heterocycles. The summed E-state index contributed by atoms with van der Waals surface area (Å²) in [5.74, 6) is -2.04. The largest absolute Gasteiger partial charge is 0.466 e. The molecule has 1 heterocycles. The van der Waals surface area contributed by atoms with E-state index in [0.29, 0.717) is 44.1 Å². The average Bonchev–Trinajstić information content (AvgIpc) is 2.85. The smallest absolute Gasteiger partial charge is 0.330 e. The summed E-state index contributed by atoms with van der Waals surface area (Å²) in [4.78, 5) is 46.7. The van der Waals surface area contributed by atoms with Gasteiger partial charge in [-0.2, -0.15) is 0 Å². The van der Waals surface area contributed by atoms with Gasteiger partial charge in [-0.05, 0) is 44.1 Å². The van der Waals surface area contributed by atoms with Gasteiger partial charge in [0.05, 0.1) is 19.3 Å². The number of ketones is 1. The molecule has 0 bridgehead atoms. The minimum absolute atomic E-state index is 0.0441. The third kappa shape index (κ3) is 12.0. The van der Waals surface area contributed by atoms with Gasteiger partial charge in [-0.25, -0.2) is 4.79 Å². The lowest BCUT2D eigenvalue weighted by molar-refractivity contribution is -0.136. The van der Waals surface area contributed by atoms with Crippen LogP contribution in [0, 0.1) is 17.8 Å². The summed E-state index contributed by atoms with van der Waals surface area (Å²) in [5, 5.41) is 23.8. The van der Waals surface area contributed by atoms with Gasteiger partial charge < -0.3 is 19.7 Å². The number of hydrogen-bond acceptors (Lipinski definition) is 8. The highest BCUT2D eigenvalue weighted by Crippen LogP contribution is 2.23. The summed E-state index contributed by atoms with van der Waals surface area (Å²) in [6.45, 7) is 5.22. The van der Waals surface area contributed by atoms with Gasteiger partial charge in [0.25, 0.3) is 0 Å². The molecule has 0 aromatic heterocycles. The number of carbonyl (C=O) groups excluding carboxylic acids is 4. The number of aliphatic hydroxyl groups excluding tert-OH is 2. The number of rotatable bonds is 16. The Labute approximate surface area is 220 Å². The van der Waals surface area contributed by atoms with Gasteiger partial charge in [-0.1, -0.05) is 38.2 Å². The van der Waals surface area contributed by atoms with Crippen LogP contribution in [0.5, 0.6) is 0 Å². The van der Waals surface area contributed by atoms with Crippen molar-refractivity contribution in [2.24, 2.45) is 17.8 Å². The van der Waals surface area contributed by atoms with E-state index in [0.717, 1.165) is 0 Å². The van der Waals surface area contributed by atoms with Crippen LogP contribution in [0.1, 0.15) is 65.7 Å². The quantitative estimate of drug-likeness (QED) is 0.0926. The van der Waals surface area contributed by atoms with Crippen LogP contribution in [0.4, 0.5) is 0 Å². The molecule has 0 aromatic rings. The molecular weight excluding hydrogens is 478 g/mol. The maximum atomic E-state index is 12.6. The van der Waals surface area contributed by atoms with E-state index >= 15 is 0 Å². The van der Waals surface area contributed by atoms with Crippen molar-refractivity contribution in [3.63, 3.8) is 0 Å². The van der Waals surface area contributed by atoms with Crippen LogP contribution in [-0.4, -0.2) is 66.3 Å². The minimum atomic E-state index is -0.984. The van der Waals surface area contributed by atoms with Crippen molar-refractivity contribution in [1.29, 1.82) is 0 Å². The summed E-state index contributed by atoms with van der Waals surface area (Å²) in [7, 11) is 2.82. The van der Waals surface area contributed by atoms with E-state index in [1.54, 1.807) is 32.1 Å². The minimum Gasteiger partial charge on any atom is -0.466 e. The highest BCUT2D eigenvalue weighted by atomic mass is 16.5.